The minimum absolute atomic E-state index is 0.250. The highest BCUT2D eigenvalue weighted by Gasteiger charge is 2.20. The van der Waals surface area contributed by atoms with Gasteiger partial charge in [-0.1, -0.05) is 18.2 Å². The second kappa shape index (κ2) is 10.2. The van der Waals surface area contributed by atoms with Crippen LogP contribution in [0.25, 0.3) is 0 Å². The van der Waals surface area contributed by atoms with Crippen LogP contribution in [0.2, 0.25) is 0 Å². The first kappa shape index (κ1) is 21.7. The smallest absolute Gasteiger partial charge is 0.339 e. The standard InChI is InChI=1S/C24H23NO6/c1-16(30-24(27)17-9-14-21(28-2)22(15-17)29-3)23(26)25-18-10-12-20(13-11-18)31-19-7-5-4-6-8-19/h4-16H,1-3H3,(H,25,26)/t16-/m1/s1. The number of ether oxygens (including phenoxy) is 4. The second-order valence-electron chi connectivity index (χ2n) is 6.55. The van der Waals surface area contributed by atoms with Gasteiger partial charge in [0.05, 0.1) is 19.8 Å². The maximum absolute atomic E-state index is 12.4. The molecular weight excluding hydrogens is 398 g/mol. The summed E-state index contributed by atoms with van der Waals surface area (Å²) in [4.78, 5) is 24.8. The predicted molar refractivity (Wildman–Crippen MR) is 116 cm³/mol. The third kappa shape index (κ3) is 5.76. The van der Waals surface area contributed by atoms with Crippen LogP contribution in [-0.2, 0) is 9.53 Å². The van der Waals surface area contributed by atoms with Gasteiger partial charge in [-0.15, -0.1) is 0 Å². The molecule has 1 atom stereocenters. The molecule has 3 aromatic carbocycles. The maximum atomic E-state index is 12.4. The van der Waals surface area contributed by atoms with E-state index in [4.69, 9.17) is 18.9 Å². The number of para-hydroxylation sites is 1. The average molecular weight is 421 g/mol. The molecule has 1 N–H and O–H groups in total. The van der Waals surface area contributed by atoms with E-state index >= 15 is 0 Å². The Morgan fingerprint density at radius 1 is 0.806 bits per heavy atom. The minimum Gasteiger partial charge on any atom is -0.493 e. The first-order valence-electron chi connectivity index (χ1n) is 9.57. The highest BCUT2D eigenvalue weighted by molar-refractivity contribution is 5.97. The molecule has 0 aliphatic rings. The number of hydrogen-bond donors (Lipinski definition) is 1. The van der Waals surface area contributed by atoms with E-state index in [9.17, 15) is 9.59 Å². The van der Waals surface area contributed by atoms with Gasteiger partial charge in [-0.2, -0.15) is 0 Å². The molecule has 3 aromatic rings. The predicted octanol–water partition coefficient (Wildman–Crippen LogP) is 4.68. The minimum atomic E-state index is -0.999. The van der Waals surface area contributed by atoms with E-state index in [1.54, 1.807) is 36.4 Å². The van der Waals surface area contributed by atoms with Gasteiger partial charge < -0.3 is 24.3 Å². The van der Waals surface area contributed by atoms with Gasteiger partial charge >= 0.3 is 5.97 Å². The monoisotopic (exact) mass is 421 g/mol. The van der Waals surface area contributed by atoms with Crippen molar-refractivity contribution in [2.24, 2.45) is 0 Å². The summed E-state index contributed by atoms with van der Waals surface area (Å²) >= 11 is 0. The summed E-state index contributed by atoms with van der Waals surface area (Å²) in [6, 6.07) is 20.9. The number of nitrogens with one attached hydrogen (secondary N) is 1. The summed E-state index contributed by atoms with van der Waals surface area (Å²) in [5, 5.41) is 2.71. The molecule has 160 valence electrons. The summed E-state index contributed by atoms with van der Waals surface area (Å²) in [7, 11) is 2.97. The van der Waals surface area contributed by atoms with E-state index in [2.05, 4.69) is 5.32 Å². The largest absolute Gasteiger partial charge is 0.493 e. The van der Waals surface area contributed by atoms with Gasteiger partial charge in [-0.3, -0.25) is 4.79 Å². The van der Waals surface area contributed by atoms with Gasteiger partial charge in [0.2, 0.25) is 0 Å². The quantitative estimate of drug-likeness (QED) is 0.532. The van der Waals surface area contributed by atoms with Gasteiger partial charge in [0, 0.05) is 5.69 Å². The van der Waals surface area contributed by atoms with Crippen LogP contribution >= 0.6 is 0 Å². The molecule has 0 aliphatic heterocycles. The summed E-state index contributed by atoms with van der Waals surface area (Å²) in [5.41, 5.74) is 0.805. The third-order valence-corrected chi connectivity index (χ3v) is 4.37. The van der Waals surface area contributed by atoms with Crippen molar-refractivity contribution in [3.05, 3.63) is 78.4 Å². The first-order valence-corrected chi connectivity index (χ1v) is 9.57. The van der Waals surface area contributed by atoms with Crippen molar-refractivity contribution in [2.75, 3.05) is 19.5 Å². The Morgan fingerprint density at radius 2 is 1.45 bits per heavy atom. The highest BCUT2D eigenvalue weighted by atomic mass is 16.5. The average Bonchev–Trinajstić information content (AvgIpc) is 2.80. The zero-order chi connectivity index (χ0) is 22.2. The molecule has 0 spiro atoms. The lowest BCUT2D eigenvalue weighted by molar-refractivity contribution is -0.123. The number of benzene rings is 3. The van der Waals surface area contributed by atoms with Crippen molar-refractivity contribution >= 4 is 17.6 Å². The number of methoxy groups -OCH3 is 2. The Bertz CT molecular complexity index is 1030. The van der Waals surface area contributed by atoms with Crippen LogP contribution in [0.3, 0.4) is 0 Å². The SMILES string of the molecule is COc1ccc(C(=O)O[C@H](C)C(=O)Nc2ccc(Oc3ccccc3)cc2)cc1OC. The maximum Gasteiger partial charge on any atom is 0.339 e. The molecule has 0 radical (unpaired) electrons. The number of carbonyl (C=O) groups is 2. The molecule has 0 fully saturated rings. The Hall–Kier alpha value is -4.00. The van der Waals surface area contributed by atoms with Gasteiger partial charge in [-0.25, -0.2) is 4.79 Å². The Labute approximate surface area is 180 Å². The molecular formula is C24H23NO6. The Kier molecular flexibility index (Phi) is 7.11. The molecule has 7 nitrogen and oxygen atoms in total. The zero-order valence-electron chi connectivity index (χ0n) is 17.5. The normalized spacial score (nSPS) is 11.2. The molecule has 31 heavy (non-hydrogen) atoms. The fourth-order valence-corrected chi connectivity index (χ4v) is 2.72. The van der Waals surface area contributed by atoms with Gasteiger partial charge in [-0.05, 0) is 61.5 Å². The lowest BCUT2D eigenvalue weighted by atomic mass is 10.2. The fraction of sp³-hybridized carbons (Fsp3) is 0.167. The van der Waals surface area contributed by atoms with Crippen LogP contribution in [-0.4, -0.2) is 32.2 Å². The van der Waals surface area contributed by atoms with Crippen LogP contribution < -0.4 is 19.5 Å². The van der Waals surface area contributed by atoms with E-state index in [1.165, 1.54) is 27.2 Å². The lowest BCUT2D eigenvalue weighted by Gasteiger charge is -2.15. The van der Waals surface area contributed by atoms with Gasteiger partial charge in [0.15, 0.2) is 17.6 Å². The fourth-order valence-electron chi connectivity index (χ4n) is 2.72. The lowest BCUT2D eigenvalue weighted by Crippen LogP contribution is -2.30. The van der Waals surface area contributed by atoms with Crippen molar-refractivity contribution < 1.29 is 28.5 Å². The molecule has 0 bridgehead atoms. The molecule has 0 heterocycles. The van der Waals surface area contributed by atoms with E-state index < -0.39 is 18.0 Å². The molecule has 3 rings (SSSR count). The Morgan fingerprint density at radius 3 is 2.10 bits per heavy atom. The second-order valence-corrected chi connectivity index (χ2v) is 6.55. The molecule has 1 amide bonds. The van der Waals surface area contributed by atoms with Crippen LogP contribution in [0.1, 0.15) is 17.3 Å². The number of hydrogen-bond acceptors (Lipinski definition) is 6. The van der Waals surface area contributed by atoms with Crippen LogP contribution in [0.15, 0.2) is 72.8 Å². The van der Waals surface area contributed by atoms with E-state index in [0.29, 0.717) is 22.9 Å². The van der Waals surface area contributed by atoms with Crippen molar-refractivity contribution in [3.63, 3.8) is 0 Å². The molecule has 0 unspecified atom stereocenters. The zero-order valence-corrected chi connectivity index (χ0v) is 17.5. The topological polar surface area (TPSA) is 83.1 Å². The summed E-state index contributed by atoms with van der Waals surface area (Å²) in [5.74, 6) is 1.14. The number of rotatable bonds is 8. The van der Waals surface area contributed by atoms with Crippen LogP contribution in [0, 0.1) is 0 Å². The van der Waals surface area contributed by atoms with E-state index in [-0.39, 0.29) is 5.56 Å². The number of anilines is 1. The number of esters is 1. The van der Waals surface area contributed by atoms with Crippen molar-refractivity contribution in [3.8, 4) is 23.0 Å². The van der Waals surface area contributed by atoms with Gasteiger partial charge in [0.25, 0.3) is 5.91 Å². The summed E-state index contributed by atoms with van der Waals surface area (Å²) < 4.78 is 21.3. The first-order chi connectivity index (χ1) is 15.0. The van der Waals surface area contributed by atoms with Gasteiger partial charge in [0.1, 0.15) is 11.5 Å². The van der Waals surface area contributed by atoms with Crippen molar-refractivity contribution in [1.82, 2.24) is 0 Å². The molecule has 0 saturated heterocycles. The highest BCUT2D eigenvalue weighted by Crippen LogP contribution is 2.28. The van der Waals surface area contributed by atoms with Crippen molar-refractivity contribution in [2.45, 2.75) is 13.0 Å². The van der Waals surface area contributed by atoms with Crippen LogP contribution in [0.4, 0.5) is 5.69 Å². The number of carbonyl (C=O) groups excluding carboxylic acids is 2. The summed E-state index contributed by atoms with van der Waals surface area (Å²) in [6.45, 7) is 1.50. The molecule has 0 saturated carbocycles. The van der Waals surface area contributed by atoms with Crippen LogP contribution in [0.5, 0.6) is 23.0 Å². The summed E-state index contributed by atoms with van der Waals surface area (Å²) in [6.07, 6.45) is -0.999. The number of amides is 1. The van der Waals surface area contributed by atoms with E-state index in [0.717, 1.165) is 5.75 Å². The Balaban J connectivity index is 1.57. The van der Waals surface area contributed by atoms with E-state index in [1.807, 2.05) is 30.3 Å². The van der Waals surface area contributed by atoms with Crippen molar-refractivity contribution in [1.29, 1.82) is 0 Å². The molecule has 7 heteroatoms. The molecule has 0 aliphatic carbocycles. The third-order valence-electron chi connectivity index (χ3n) is 4.37. The molecule has 0 aromatic heterocycles.